The summed E-state index contributed by atoms with van der Waals surface area (Å²) in [4.78, 5) is 25.1. The van der Waals surface area contributed by atoms with Gasteiger partial charge in [-0.1, -0.05) is 26.0 Å². The lowest BCUT2D eigenvalue weighted by molar-refractivity contribution is -0.122. The molecule has 0 saturated heterocycles. The molecule has 174 valence electrons. The zero-order chi connectivity index (χ0) is 24.2. The lowest BCUT2D eigenvalue weighted by Crippen LogP contribution is -2.30. The Hall–Kier alpha value is -4.06. The van der Waals surface area contributed by atoms with Crippen LogP contribution in [0.5, 0.6) is 11.5 Å². The molecular weight excluding hydrogens is 430 g/mol. The van der Waals surface area contributed by atoms with Crippen molar-refractivity contribution in [1.82, 2.24) is 0 Å². The van der Waals surface area contributed by atoms with Crippen molar-refractivity contribution in [2.24, 2.45) is 0 Å². The first kappa shape index (κ1) is 23.1. The summed E-state index contributed by atoms with van der Waals surface area (Å²) in [6.07, 6.45) is -0.667. The highest BCUT2D eigenvalue weighted by Gasteiger charge is 2.15. The van der Waals surface area contributed by atoms with Crippen LogP contribution in [0.15, 0.2) is 82.0 Å². The number of rotatable bonds is 7. The Morgan fingerprint density at radius 1 is 0.882 bits per heavy atom. The summed E-state index contributed by atoms with van der Waals surface area (Å²) in [5.74, 6) is 1.86. The van der Waals surface area contributed by atoms with Gasteiger partial charge in [-0.05, 0) is 73.0 Å². The van der Waals surface area contributed by atoms with E-state index in [1.54, 1.807) is 56.5 Å². The van der Waals surface area contributed by atoms with Crippen LogP contribution in [-0.4, -0.2) is 19.1 Å². The molecule has 4 aromatic rings. The van der Waals surface area contributed by atoms with E-state index in [0.29, 0.717) is 39.8 Å². The largest absolute Gasteiger partial charge is 0.497 e. The standard InChI is InChI=1S/C28H27NO5/c1-17(2)19-7-11-22(12-8-19)33-18(3)28(31)29-21-9-5-20(6-10-21)27-16-25(30)24-15-23(32-4)13-14-26(24)34-27/h5-18H,1-4H3,(H,29,31). The number of fused-ring (bicyclic) bond motifs is 1. The first-order chi connectivity index (χ1) is 16.3. The van der Waals surface area contributed by atoms with Crippen molar-refractivity contribution in [3.63, 3.8) is 0 Å². The molecule has 0 spiro atoms. The number of hydrogen-bond donors (Lipinski definition) is 1. The molecule has 3 aromatic carbocycles. The summed E-state index contributed by atoms with van der Waals surface area (Å²) in [6, 6.07) is 21.4. The Morgan fingerprint density at radius 2 is 1.56 bits per heavy atom. The maximum Gasteiger partial charge on any atom is 0.265 e. The van der Waals surface area contributed by atoms with Gasteiger partial charge in [0.05, 0.1) is 12.5 Å². The predicted octanol–water partition coefficient (Wildman–Crippen LogP) is 6.00. The number of hydrogen-bond acceptors (Lipinski definition) is 5. The highest BCUT2D eigenvalue weighted by Crippen LogP contribution is 2.26. The van der Waals surface area contributed by atoms with Crippen molar-refractivity contribution in [2.45, 2.75) is 32.8 Å². The molecular formula is C28H27NO5. The van der Waals surface area contributed by atoms with Gasteiger partial charge in [-0.3, -0.25) is 9.59 Å². The first-order valence-electron chi connectivity index (χ1n) is 11.1. The van der Waals surface area contributed by atoms with Gasteiger partial charge in [0.15, 0.2) is 11.5 Å². The second kappa shape index (κ2) is 9.83. The number of anilines is 1. The Labute approximate surface area is 198 Å². The third kappa shape index (κ3) is 5.12. The fraction of sp³-hybridized carbons (Fsp3) is 0.214. The van der Waals surface area contributed by atoms with Crippen molar-refractivity contribution < 1.29 is 18.7 Å². The van der Waals surface area contributed by atoms with Gasteiger partial charge in [0.2, 0.25) is 0 Å². The molecule has 6 heteroatoms. The summed E-state index contributed by atoms with van der Waals surface area (Å²) in [6.45, 7) is 5.96. The number of ether oxygens (including phenoxy) is 2. The molecule has 0 radical (unpaired) electrons. The zero-order valence-electron chi connectivity index (χ0n) is 19.6. The molecule has 4 rings (SSSR count). The lowest BCUT2D eigenvalue weighted by Gasteiger charge is -2.15. The zero-order valence-corrected chi connectivity index (χ0v) is 19.6. The van der Waals surface area contributed by atoms with Crippen LogP contribution >= 0.6 is 0 Å². The minimum Gasteiger partial charge on any atom is -0.497 e. The van der Waals surface area contributed by atoms with Crippen molar-refractivity contribution in [3.05, 3.63) is 88.6 Å². The summed E-state index contributed by atoms with van der Waals surface area (Å²) in [5, 5.41) is 3.31. The van der Waals surface area contributed by atoms with Gasteiger partial charge in [0, 0.05) is 17.3 Å². The van der Waals surface area contributed by atoms with E-state index in [1.807, 2.05) is 24.3 Å². The predicted molar refractivity (Wildman–Crippen MR) is 134 cm³/mol. The lowest BCUT2D eigenvalue weighted by atomic mass is 10.0. The van der Waals surface area contributed by atoms with E-state index in [1.165, 1.54) is 11.6 Å². The maximum atomic E-state index is 12.6. The fourth-order valence-electron chi connectivity index (χ4n) is 3.56. The normalized spacial score (nSPS) is 11.9. The number of nitrogens with one attached hydrogen (secondary N) is 1. The average Bonchev–Trinajstić information content (AvgIpc) is 2.84. The molecule has 1 atom stereocenters. The van der Waals surface area contributed by atoms with Crippen LogP contribution in [0.2, 0.25) is 0 Å². The molecule has 1 aromatic heterocycles. The Balaban J connectivity index is 1.44. The molecule has 1 heterocycles. The number of methoxy groups -OCH3 is 1. The highest BCUT2D eigenvalue weighted by atomic mass is 16.5. The summed E-state index contributed by atoms with van der Waals surface area (Å²) in [5.41, 5.74) is 2.88. The van der Waals surface area contributed by atoms with Crippen LogP contribution in [-0.2, 0) is 4.79 Å². The van der Waals surface area contributed by atoms with Crippen LogP contribution in [0, 0.1) is 0 Å². The Kier molecular flexibility index (Phi) is 6.68. The van der Waals surface area contributed by atoms with Crippen LogP contribution in [0.4, 0.5) is 5.69 Å². The molecule has 1 N–H and O–H groups in total. The monoisotopic (exact) mass is 457 g/mol. The SMILES string of the molecule is COc1ccc2oc(-c3ccc(NC(=O)C(C)Oc4ccc(C(C)C)cc4)cc3)cc(=O)c2c1. The maximum absolute atomic E-state index is 12.6. The number of carbonyl (C=O) groups is 1. The van der Waals surface area contributed by atoms with E-state index in [9.17, 15) is 9.59 Å². The van der Waals surface area contributed by atoms with Gasteiger partial charge in [-0.2, -0.15) is 0 Å². The summed E-state index contributed by atoms with van der Waals surface area (Å²) >= 11 is 0. The van der Waals surface area contributed by atoms with E-state index >= 15 is 0 Å². The third-order valence-corrected chi connectivity index (χ3v) is 5.60. The van der Waals surface area contributed by atoms with Crippen molar-refractivity contribution in [2.75, 3.05) is 12.4 Å². The van der Waals surface area contributed by atoms with Gasteiger partial charge < -0.3 is 19.2 Å². The van der Waals surface area contributed by atoms with Gasteiger partial charge >= 0.3 is 0 Å². The van der Waals surface area contributed by atoms with Crippen LogP contribution in [0.25, 0.3) is 22.3 Å². The molecule has 0 aliphatic heterocycles. The van der Waals surface area contributed by atoms with Gasteiger partial charge in [0.1, 0.15) is 22.8 Å². The summed E-state index contributed by atoms with van der Waals surface area (Å²) in [7, 11) is 1.55. The Bertz CT molecular complexity index is 1350. The van der Waals surface area contributed by atoms with Crippen molar-refractivity contribution >= 4 is 22.6 Å². The number of carbonyl (C=O) groups excluding carboxylic acids is 1. The van der Waals surface area contributed by atoms with E-state index < -0.39 is 6.10 Å². The second-order valence-electron chi connectivity index (χ2n) is 8.39. The van der Waals surface area contributed by atoms with Crippen LogP contribution < -0.4 is 20.2 Å². The van der Waals surface area contributed by atoms with Gasteiger partial charge in [-0.15, -0.1) is 0 Å². The molecule has 1 unspecified atom stereocenters. The van der Waals surface area contributed by atoms with Gasteiger partial charge in [-0.25, -0.2) is 0 Å². The number of benzene rings is 3. The van der Waals surface area contributed by atoms with Crippen LogP contribution in [0.1, 0.15) is 32.3 Å². The quantitative estimate of drug-likeness (QED) is 0.368. The molecule has 0 fully saturated rings. The average molecular weight is 458 g/mol. The topological polar surface area (TPSA) is 77.8 Å². The fourth-order valence-corrected chi connectivity index (χ4v) is 3.56. The smallest absolute Gasteiger partial charge is 0.265 e. The van der Waals surface area contributed by atoms with Crippen LogP contribution in [0.3, 0.4) is 0 Å². The van der Waals surface area contributed by atoms with Crippen molar-refractivity contribution in [1.29, 1.82) is 0 Å². The molecule has 0 aliphatic rings. The highest BCUT2D eigenvalue weighted by molar-refractivity contribution is 5.94. The van der Waals surface area contributed by atoms with Gasteiger partial charge in [0.25, 0.3) is 5.91 Å². The molecule has 6 nitrogen and oxygen atoms in total. The minimum absolute atomic E-state index is 0.153. The van der Waals surface area contributed by atoms with E-state index in [0.717, 1.165) is 5.56 Å². The molecule has 0 saturated carbocycles. The summed E-state index contributed by atoms with van der Waals surface area (Å²) < 4.78 is 16.9. The molecule has 1 amide bonds. The number of amides is 1. The Morgan fingerprint density at radius 3 is 2.21 bits per heavy atom. The molecule has 0 aliphatic carbocycles. The molecule has 34 heavy (non-hydrogen) atoms. The van der Waals surface area contributed by atoms with E-state index in [4.69, 9.17) is 13.9 Å². The first-order valence-corrected chi connectivity index (χ1v) is 11.1. The van der Waals surface area contributed by atoms with Crippen molar-refractivity contribution in [3.8, 4) is 22.8 Å². The van der Waals surface area contributed by atoms with E-state index in [-0.39, 0.29) is 11.3 Å². The second-order valence-corrected chi connectivity index (χ2v) is 8.39. The third-order valence-electron chi connectivity index (χ3n) is 5.60. The minimum atomic E-state index is -0.667. The molecule has 0 bridgehead atoms. The van der Waals surface area contributed by atoms with E-state index in [2.05, 4.69) is 19.2 Å².